The zero-order chi connectivity index (χ0) is 15.4. The predicted molar refractivity (Wildman–Crippen MR) is 85.7 cm³/mol. The molecule has 1 aromatic rings. The molecule has 0 saturated carbocycles. The maximum absolute atomic E-state index is 6.49. The van der Waals surface area contributed by atoms with Gasteiger partial charge in [0.1, 0.15) is 5.75 Å². The van der Waals surface area contributed by atoms with Crippen molar-refractivity contribution in [1.29, 1.82) is 0 Å². The number of rotatable bonds is 6. The molecular formula is C17H28N2O2. The van der Waals surface area contributed by atoms with Crippen LogP contribution in [-0.2, 0) is 11.2 Å². The van der Waals surface area contributed by atoms with Crippen LogP contribution in [0.25, 0.3) is 0 Å². The lowest BCUT2D eigenvalue weighted by Crippen LogP contribution is -2.44. The summed E-state index contributed by atoms with van der Waals surface area (Å²) in [5, 5.41) is 0. The molecule has 21 heavy (non-hydrogen) atoms. The molecule has 4 nitrogen and oxygen atoms in total. The van der Waals surface area contributed by atoms with Crippen LogP contribution in [-0.4, -0.2) is 44.4 Å². The summed E-state index contributed by atoms with van der Waals surface area (Å²) in [5.74, 6) is 0.915. The number of likely N-dealkylation sites (N-methyl/N-ethyl adjacent to an activating group) is 1. The summed E-state index contributed by atoms with van der Waals surface area (Å²) in [6.07, 6.45) is 2.42. The Labute approximate surface area is 128 Å². The Bertz CT molecular complexity index is 462. The Morgan fingerprint density at radius 1 is 1.38 bits per heavy atom. The molecule has 0 aromatic heterocycles. The van der Waals surface area contributed by atoms with Crippen molar-refractivity contribution in [3.05, 3.63) is 29.3 Å². The number of hydrogen-bond acceptors (Lipinski definition) is 4. The number of fused-ring (bicyclic) bond motifs is 1. The molecule has 0 saturated heterocycles. The molecule has 2 unspecified atom stereocenters. The van der Waals surface area contributed by atoms with Gasteiger partial charge in [0.05, 0.1) is 19.8 Å². The van der Waals surface area contributed by atoms with E-state index in [9.17, 15) is 0 Å². The second-order valence-electron chi connectivity index (χ2n) is 6.10. The van der Waals surface area contributed by atoms with Gasteiger partial charge in [0.2, 0.25) is 0 Å². The topological polar surface area (TPSA) is 47.7 Å². The van der Waals surface area contributed by atoms with Gasteiger partial charge in [-0.3, -0.25) is 4.90 Å². The highest BCUT2D eigenvalue weighted by molar-refractivity contribution is 5.40. The minimum atomic E-state index is 0.0590. The van der Waals surface area contributed by atoms with Gasteiger partial charge in [-0.05, 0) is 57.0 Å². The predicted octanol–water partition coefficient (Wildman–Crippen LogP) is 2.37. The van der Waals surface area contributed by atoms with Gasteiger partial charge < -0.3 is 15.2 Å². The highest BCUT2D eigenvalue weighted by Crippen LogP contribution is 2.33. The van der Waals surface area contributed by atoms with Crippen LogP contribution >= 0.6 is 0 Å². The quantitative estimate of drug-likeness (QED) is 0.874. The Morgan fingerprint density at radius 2 is 2.14 bits per heavy atom. The Hall–Kier alpha value is -1.10. The maximum Gasteiger partial charge on any atom is 0.119 e. The Kier molecular flexibility index (Phi) is 5.62. The first-order valence-corrected chi connectivity index (χ1v) is 7.77. The van der Waals surface area contributed by atoms with Gasteiger partial charge >= 0.3 is 0 Å². The lowest BCUT2D eigenvalue weighted by Gasteiger charge is -2.37. The van der Waals surface area contributed by atoms with Crippen LogP contribution in [0.1, 0.15) is 37.4 Å². The summed E-state index contributed by atoms with van der Waals surface area (Å²) >= 11 is 0. The number of ether oxygens (including phenoxy) is 2. The van der Waals surface area contributed by atoms with Crippen molar-refractivity contribution in [3.63, 3.8) is 0 Å². The first kappa shape index (κ1) is 16.3. The van der Waals surface area contributed by atoms with Gasteiger partial charge in [0, 0.05) is 18.6 Å². The van der Waals surface area contributed by atoms with E-state index < -0.39 is 0 Å². The van der Waals surface area contributed by atoms with Crippen molar-refractivity contribution in [2.45, 2.75) is 44.9 Å². The largest absolute Gasteiger partial charge is 0.497 e. The third-order valence-corrected chi connectivity index (χ3v) is 4.29. The molecule has 2 atom stereocenters. The van der Waals surface area contributed by atoms with Gasteiger partial charge in [-0.1, -0.05) is 6.07 Å². The van der Waals surface area contributed by atoms with Crippen LogP contribution in [0, 0.1) is 0 Å². The molecule has 118 valence electrons. The van der Waals surface area contributed by atoms with E-state index in [1.165, 1.54) is 11.1 Å². The number of benzene rings is 1. The van der Waals surface area contributed by atoms with Crippen LogP contribution in [0.2, 0.25) is 0 Å². The molecule has 0 fully saturated rings. The molecule has 4 heteroatoms. The van der Waals surface area contributed by atoms with E-state index in [2.05, 4.69) is 37.9 Å². The van der Waals surface area contributed by atoms with Crippen molar-refractivity contribution >= 4 is 0 Å². The SMILES string of the molecule is COc1ccc2c(c1)CCC(N(C)CCOC(C)C)C2N. The monoisotopic (exact) mass is 292 g/mol. The summed E-state index contributed by atoms with van der Waals surface area (Å²) in [6, 6.07) is 6.67. The fourth-order valence-corrected chi connectivity index (χ4v) is 3.03. The molecule has 1 aromatic carbocycles. The van der Waals surface area contributed by atoms with Crippen LogP contribution in [0.5, 0.6) is 5.75 Å². The molecule has 1 aliphatic carbocycles. The fourth-order valence-electron chi connectivity index (χ4n) is 3.03. The zero-order valence-corrected chi connectivity index (χ0v) is 13.6. The summed E-state index contributed by atoms with van der Waals surface area (Å²) in [5.41, 5.74) is 9.07. The van der Waals surface area contributed by atoms with Gasteiger partial charge in [0.25, 0.3) is 0 Å². The van der Waals surface area contributed by atoms with Crippen LogP contribution in [0.3, 0.4) is 0 Å². The van der Waals surface area contributed by atoms with Crippen LogP contribution in [0.15, 0.2) is 18.2 Å². The third-order valence-electron chi connectivity index (χ3n) is 4.29. The van der Waals surface area contributed by atoms with E-state index >= 15 is 0 Å². The van der Waals surface area contributed by atoms with E-state index in [0.717, 1.165) is 31.7 Å². The first-order chi connectivity index (χ1) is 10.0. The van der Waals surface area contributed by atoms with Gasteiger partial charge in [-0.25, -0.2) is 0 Å². The van der Waals surface area contributed by atoms with E-state index in [4.69, 9.17) is 15.2 Å². The molecule has 0 bridgehead atoms. The molecule has 0 radical (unpaired) electrons. The van der Waals surface area contributed by atoms with Crippen molar-refractivity contribution in [2.75, 3.05) is 27.3 Å². The molecule has 0 heterocycles. The molecule has 0 spiro atoms. The summed E-state index contributed by atoms with van der Waals surface area (Å²) < 4.78 is 10.9. The molecule has 0 aliphatic heterocycles. The maximum atomic E-state index is 6.49. The van der Waals surface area contributed by atoms with Gasteiger partial charge in [0.15, 0.2) is 0 Å². The summed E-state index contributed by atoms with van der Waals surface area (Å²) in [4.78, 5) is 2.33. The number of aryl methyl sites for hydroxylation is 1. The number of methoxy groups -OCH3 is 1. The van der Waals surface area contributed by atoms with E-state index in [0.29, 0.717) is 6.04 Å². The van der Waals surface area contributed by atoms with Crippen LogP contribution in [0.4, 0.5) is 0 Å². The standard InChI is InChI=1S/C17H28N2O2/c1-12(2)21-10-9-19(3)16-8-5-13-11-14(20-4)6-7-15(13)17(16)18/h6-7,11-12,16-17H,5,8-10,18H2,1-4H3. The molecule has 2 N–H and O–H groups in total. The Morgan fingerprint density at radius 3 is 2.81 bits per heavy atom. The number of hydrogen-bond donors (Lipinski definition) is 1. The smallest absolute Gasteiger partial charge is 0.119 e. The van der Waals surface area contributed by atoms with Crippen molar-refractivity contribution in [1.82, 2.24) is 4.90 Å². The lowest BCUT2D eigenvalue weighted by atomic mass is 9.83. The average molecular weight is 292 g/mol. The lowest BCUT2D eigenvalue weighted by molar-refractivity contribution is 0.0510. The molecule has 1 aliphatic rings. The van der Waals surface area contributed by atoms with Gasteiger partial charge in [-0.15, -0.1) is 0 Å². The summed E-state index contributed by atoms with van der Waals surface area (Å²) in [7, 11) is 3.85. The number of nitrogens with zero attached hydrogens (tertiary/aromatic N) is 1. The zero-order valence-electron chi connectivity index (χ0n) is 13.6. The third kappa shape index (κ3) is 3.96. The average Bonchev–Trinajstić information content (AvgIpc) is 2.46. The molecular weight excluding hydrogens is 264 g/mol. The highest BCUT2D eigenvalue weighted by atomic mass is 16.5. The second kappa shape index (κ2) is 7.25. The van der Waals surface area contributed by atoms with E-state index in [1.54, 1.807) is 7.11 Å². The van der Waals surface area contributed by atoms with Crippen molar-refractivity contribution < 1.29 is 9.47 Å². The minimum Gasteiger partial charge on any atom is -0.497 e. The first-order valence-electron chi connectivity index (χ1n) is 7.77. The van der Waals surface area contributed by atoms with E-state index in [-0.39, 0.29) is 12.1 Å². The Balaban J connectivity index is 2.00. The fraction of sp³-hybridized carbons (Fsp3) is 0.647. The highest BCUT2D eigenvalue weighted by Gasteiger charge is 2.29. The van der Waals surface area contributed by atoms with Crippen molar-refractivity contribution in [2.24, 2.45) is 5.73 Å². The minimum absolute atomic E-state index is 0.0590. The van der Waals surface area contributed by atoms with E-state index in [1.807, 2.05) is 6.07 Å². The second-order valence-corrected chi connectivity index (χ2v) is 6.10. The van der Waals surface area contributed by atoms with Crippen molar-refractivity contribution in [3.8, 4) is 5.75 Å². The summed E-state index contributed by atoms with van der Waals surface area (Å²) in [6.45, 7) is 5.81. The number of nitrogens with two attached hydrogens (primary N) is 1. The molecule has 0 amide bonds. The van der Waals surface area contributed by atoms with Gasteiger partial charge in [-0.2, -0.15) is 0 Å². The molecule has 2 rings (SSSR count). The normalized spacial score (nSPS) is 21.7. The van der Waals surface area contributed by atoms with Crippen LogP contribution < -0.4 is 10.5 Å².